The van der Waals surface area contributed by atoms with Crippen LogP contribution in [0.1, 0.15) is 18.4 Å². The Morgan fingerprint density at radius 1 is 1.26 bits per heavy atom. The summed E-state index contributed by atoms with van der Waals surface area (Å²) in [6.07, 6.45) is 0.260. The molecular weight excluding hydrogens is 248 g/mol. The molecule has 0 aliphatic rings. The fourth-order valence-electron chi connectivity index (χ4n) is 1.40. The Morgan fingerprint density at radius 3 is 2.42 bits per heavy atom. The van der Waals surface area contributed by atoms with Gasteiger partial charge in [-0.05, 0) is 24.1 Å². The molecule has 0 spiro atoms. The van der Waals surface area contributed by atoms with Gasteiger partial charge < -0.3 is 20.9 Å². The molecule has 0 bridgehead atoms. The second-order valence-electron chi connectivity index (χ2n) is 4.07. The zero-order valence-electron chi connectivity index (χ0n) is 10.8. The number of ether oxygens (including phenoxy) is 2. The number of hydrogen-bond acceptors (Lipinski definition) is 5. The fraction of sp³-hybridized carbons (Fsp3) is 0.385. The van der Waals surface area contributed by atoms with Crippen molar-refractivity contribution in [2.24, 2.45) is 11.5 Å². The third-order valence-corrected chi connectivity index (χ3v) is 2.54. The average Bonchev–Trinajstić information content (AvgIpc) is 2.42. The van der Waals surface area contributed by atoms with Crippen LogP contribution in [0.15, 0.2) is 24.3 Å². The molecule has 6 nitrogen and oxygen atoms in total. The van der Waals surface area contributed by atoms with Crippen molar-refractivity contribution >= 4 is 11.9 Å². The number of carbonyl (C=O) groups excluding carboxylic acids is 2. The van der Waals surface area contributed by atoms with E-state index < -0.39 is 17.9 Å². The van der Waals surface area contributed by atoms with Crippen molar-refractivity contribution in [3.63, 3.8) is 0 Å². The van der Waals surface area contributed by atoms with Crippen LogP contribution in [0.3, 0.4) is 0 Å². The van der Waals surface area contributed by atoms with Crippen LogP contribution in [0, 0.1) is 0 Å². The van der Waals surface area contributed by atoms with Crippen LogP contribution in [0.4, 0.5) is 0 Å². The van der Waals surface area contributed by atoms with Gasteiger partial charge in [-0.3, -0.25) is 9.59 Å². The Balaban J connectivity index is 2.38. The van der Waals surface area contributed by atoms with Gasteiger partial charge >= 0.3 is 5.97 Å². The zero-order valence-corrected chi connectivity index (χ0v) is 10.8. The minimum atomic E-state index is -0.828. The molecule has 1 amide bonds. The highest BCUT2D eigenvalue weighted by atomic mass is 16.5. The van der Waals surface area contributed by atoms with Crippen molar-refractivity contribution in [3.05, 3.63) is 29.8 Å². The third-order valence-electron chi connectivity index (χ3n) is 2.54. The fourth-order valence-corrected chi connectivity index (χ4v) is 1.40. The Hall–Kier alpha value is -2.08. The molecule has 0 heterocycles. The summed E-state index contributed by atoms with van der Waals surface area (Å²) < 4.78 is 10.1. The molecule has 0 unspecified atom stereocenters. The summed E-state index contributed by atoms with van der Waals surface area (Å²) in [5.74, 6) is -0.302. The number of esters is 1. The highest BCUT2D eigenvalue weighted by Gasteiger charge is 2.15. The second-order valence-corrected chi connectivity index (χ2v) is 4.07. The van der Waals surface area contributed by atoms with Crippen LogP contribution in [0.25, 0.3) is 0 Å². The molecule has 0 radical (unpaired) electrons. The Bertz CT molecular complexity index is 431. The highest BCUT2D eigenvalue weighted by Crippen LogP contribution is 2.12. The SMILES string of the molecule is COc1ccc(COC(=O)[C@@H](N)CCC(N)=O)cc1. The van der Waals surface area contributed by atoms with Gasteiger partial charge in [0.2, 0.25) is 5.91 Å². The first kappa shape index (κ1) is 15.0. The molecule has 1 aromatic rings. The first-order valence-electron chi connectivity index (χ1n) is 5.86. The van der Waals surface area contributed by atoms with Crippen molar-refractivity contribution in [2.45, 2.75) is 25.5 Å². The molecule has 19 heavy (non-hydrogen) atoms. The average molecular weight is 266 g/mol. The van der Waals surface area contributed by atoms with Gasteiger partial charge in [-0.25, -0.2) is 0 Å². The topological polar surface area (TPSA) is 105 Å². The standard InChI is InChI=1S/C13H18N2O4/c1-18-10-4-2-9(3-5-10)8-19-13(17)11(14)6-7-12(15)16/h2-5,11H,6-8,14H2,1H3,(H2,15,16)/t11-/m0/s1. The van der Waals surface area contributed by atoms with Gasteiger partial charge in [0.1, 0.15) is 18.4 Å². The van der Waals surface area contributed by atoms with E-state index in [1.165, 1.54) is 0 Å². The predicted molar refractivity (Wildman–Crippen MR) is 69.2 cm³/mol. The quantitative estimate of drug-likeness (QED) is 0.692. The first-order valence-corrected chi connectivity index (χ1v) is 5.86. The van der Waals surface area contributed by atoms with Gasteiger partial charge in [0, 0.05) is 6.42 Å². The largest absolute Gasteiger partial charge is 0.497 e. The summed E-state index contributed by atoms with van der Waals surface area (Å²) in [6.45, 7) is 0.132. The van der Waals surface area contributed by atoms with Gasteiger partial charge in [0.15, 0.2) is 0 Å². The van der Waals surface area contributed by atoms with E-state index in [0.717, 1.165) is 11.3 Å². The van der Waals surface area contributed by atoms with Gasteiger partial charge in [0.05, 0.1) is 7.11 Å². The van der Waals surface area contributed by atoms with Crippen LogP contribution in [0.5, 0.6) is 5.75 Å². The minimum absolute atomic E-state index is 0.0683. The van der Waals surface area contributed by atoms with Crippen LogP contribution in [-0.2, 0) is 20.9 Å². The second kappa shape index (κ2) is 7.38. The maximum atomic E-state index is 11.5. The molecule has 0 saturated carbocycles. The summed E-state index contributed by atoms with van der Waals surface area (Å²) in [7, 11) is 1.58. The molecule has 6 heteroatoms. The van der Waals surface area contributed by atoms with Gasteiger partial charge in [-0.2, -0.15) is 0 Å². The van der Waals surface area contributed by atoms with E-state index in [-0.39, 0.29) is 19.4 Å². The van der Waals surface area contributed by atoms with Crippen molar-refractivity contribution in [3.8, 4) is 5.75 Å². The number of rotatable bonds is 7. The molecule has 0 aliphatic heterocycles. The lowest BCUT2D eigenvalue weighted by atomic mass is 10.1. The Kier molecular flexibility index (Phi) is 5.81. The van der Waals surface area contributed by atoms with Crippen LogP contribution in [0.2, 0.25) is 0 Å². The molecule has 1 atom stereocenters. The summed E-state index contributed by atoms with van der Waals surface area (Å²) in [5.41, 5.74) is 11.4. The van der Waals surface area contributed by atoms with E-state index in [9.17, 15) is 9.59 Å². The molecular formula is C13H18N2O4. The van der Waals surface area contributed by atoms with Crippen molar-refractivity contribution < 1.29 is 19.1 Å². The van der Waals surface area contributed by atoms with Crippen molar-refractivity contribution in [2.75, 3.05) is 7.11 Å². The minimum Gasteiger partial charge on any atom is -0.497 e. The summed E-state index contributed by atoms with van der Waals surface area (Å²) >= 11 is 0. The van der Waals surface area contributed by atoms with E-state index in [4.69, 9.17) is 20.9 Å². The molecule has 1 aromatic carbocycles. The monoisotopic (exact) mass is 266 g/mol. The Labute approximate surface area is 111 Å². The predicted octanol–water partition coefficient (Wildman–Crippen LogP) is 0.331. The molecule has 4 N–H and O–H groups in total. The van der Waals surface area contributed by atoms with E-state index in [1.807, 2.05) is 0 Å². The maximum Gasteiger partial charge on any atom is 0.323 e. The number of nitrogens with two attached hydrogens (primary N) is 2. The zero-order chi connectivity index (χ0) is 14.3. The number of hydrogen-bond donors (Lipinski definition) is 2. The first-order chi connectivity index (χ1) is 9.02. The van der Waals surface area contributed by atoms with Crippen LogP contribution in [-0.4, -0.2) is 25.0 Å². The van der Waals surface area contributed by atoms with Crippen molar-refractivity contribution in [1.82, 2.24) is 0 Å². The van der Waals surface area contributed by atoms with E-state index in [2.05, 4.69) is 0 Å². The van der Waals surface area contributed by atoms with Crippen LogP contribution >= 0.6 is 0 Å². The number of methoxy groups -OCH3 is 1. The maximum absolute atomic E-state index is 11.5. The lowest BCUT2D eigenvalue weighted by molar-refractivity contribution is -0.146. The normalized spacial score (nSPS) is 11.7. The van der Waals surface area contributed by atoms with Gasteiger partial charge in [-0.15, -0.1) is 0 Å². The van der Waals surface area contributed by atoms with E-state index in [1.54, 1.807) is 31.4 Å². The van der Waals surface area contributed by atoms with E-state index in [0.29, 0.717) is 0 Å². The number of benzene rings is 1. The van der Waals surface area contributed by atoms with Crippen LogP contribution < -0.4 is 16.2 Å². The summed E-state index contributed by atoms with van der Waals surface area (Å²) in [6, 6.07) is 6.31. The number of primary amides is 1. The number of carbonyl (C=O) groups is 2. The summed E-state index contributed by atoms with van der Waals surface area (Å²) in [4.78, 5) is 22.1. The lowest BCUT2D eigenvalue weighted by Gasteiger charge is -2.10. The smallest absolute Gasteiger partial charge is 0.323 e. The van der Waals surface area contributed by atoms with Gasteiger partial charge in [-0.1, -0.05) is 12.1 Å². The molecule has 0 saturated heterocycles. The van der Waals surface area contributed by atoms with E-state index >= 15 is 0 Å². The molecule has 0 fully saturated rings. The number of amides is 1. The van der Waals surface area contributed by atoms with Crippen molar-refractivity contribution in [1.29, 1.82) is 0 Å². The third kappa shape index (κ3) is 5.39. The summed E-state index contributed by atoms with van der Waals surface area (Å²) in [5, 5.41) is 0. The molecule has 104 valence electrons. The molecule has 1 rings (SSSR count). The van der Waals surface area contributed by atoms with Gasteiger partial charge in [0.25, 0.3) is 0 Å². The highest BCUT2D eigenvalue weighted by molar-refractivity contribution is 5.78. The lowest BCUT2D eigenvalue weighted by Crippen LogP contribution is -2.33. The molecule has 0 aromatic heterocycles. The Morgan fingerprint density at radius 2 is 1.89 bits per heavy atom. The molecule has 0 aliphatic carbocycles.